The largest absolute Gasteiger partial charge is 0.359 e. The number of nitrogens with one attached hydrogen (secondary N) is 2. The van der Waals surface area contributed by atoms with Crippen LogP contribution >= 0.6 is 0 Å². The number of nitrogens with zero attached hydrogens (tertiary/aromatic N) is 2. The second kappa shape index (κ2) is 7.04. The van der Waals surface area contributed by atoms with Crippen molar-refractivity contribution in [1.82, 2.24) is 4.98 Å². The van der Waals surface area contributed by atoms with Crippen LogP contribution in [0.15, 0.2) is 54.4 Å². The number of anilines is 2. The van der Waals surface area contributed by atoms with Crippen LogP contribution in [0.5, 0.6) is 0 Å². The Morgan fingerprint density at radius 3 is 2.41 bits per heavy atom. The number of pyridine rings is 1. The van der Waals surface area contributed by atoms with Crippen LogP contribution in [0.1, 0.15) is 11.3 Å². The first-order valence-electron chi connectivity index (χ1n) is 6.76. The number of nitriles is 1. The van der Waals surface area contributed by atoms with Crippen LogP contribution in [0.25, 0.3) is 0 Å². The first-order valence-corrected chi connectivity index (χ1v) is 6.76. The van der Waals surface area contributed by atoms with Gasteiger partial charge in [-0.15, -0.1) is 0 Å². The van der Waals surface area contributed by atoms with Gasteiger partial charge in [-0.2, -0.15) is 5.26 Å². The van der Waals surface area contributed by atoms with Crippen LogP contribution in [-0.4, -0.2) is 10.9 Å². The van der Waals surface area contributed by atoms with Gasteiger partial charge in [-0.1, -0.05) is 17.7 Å². The molecule has 22 heavy (non-hydrogen) atoms. The molecule has 0 saturated carbocycles. The Labute approximate surface area is 129 Å². The summed E-state index contributed by atoms with van der Waals surface area (Å²) in [6.07, 6.45) is 3.01. The van der Waals surface area contributed by atoms with Gasteiger partial charge in [-0.25, -0.2) is 0 Å². The van der Waals surface area contributed by atoms with Gasteiger partial charge in [-0.3, -0.25) is 9.78 Å². The standard InChI is InChI=1S/C17H16N4O/c1-12-3-6-15(7-4-12)21-17(22)14(9-18)10-20-16-8-5-13(2)19-11-16/h3-8,10-11,20H,1-2H3,(H,21,22)/b14-10-. The van der Waals surface area contributed by atoms with E-state index in [2.05, 4.69) is 15.6 Å². The first-order chi connectivity index (χ1) is 10.6. The third-order valence-electron chi connectivity index (χ3n) is 2.97. The summed E-state index contributed by atoms with van der Waals surface area (Å²) in [5.74, 6) is -0.459. The molecule has 0 unspecified atom stereocenters. The summed E-state index contributed by atoms with van der Waals surface area (Å²) in [6.45, 7) is 3.85. The number of benzene rings is 1. The van der Waals surface area contributed by atoms with E-state index in [4.69, 9.17) is 5.26 Å². The molecule has 5 heteroatoms. The molecule has 0 spiro atoms. The SMILES string of the molecule is Cc1ccc(NC(=O)/C(C#N)=C\Nc2ccc(C)nc2)cc1. The highest BCUT2D eigenvalue weighted by Crippen LogP contribution is 2.11. The van der Waals surface area contributed by atoms with Crippen LogP contribution in [0.3, 0.4) is 0 Å². The lowest BCUT2D eigenvalue weighted by molar-refractivity contribution is -0.112. The van der Waals surface area contributed by atoms with Gasteiger partial charge in [0.05, 0.1) is 11.9 Å². The summed E-state index contributed by atoms with van der Waals surface area (Å²) in [5, 5.41) is 14.7. The van der Waals surface area contributed by atoms with Crippen molar-refractivity contribution < 1.29 is 4.79 Å². The van der Waals surface area contributed by atoms with Crippen molar-refractivity contribution in [3.05, 3.63) is 65.6 Å². The molecule has 0 atom stereocenters. The van der Waals surface area contributed by atoms with Gasteiger partial charge in [0.15, 0.2) is 0 Å². The normalized spacial score (nSPS) is 10.7. The third kappa shape index (κ3) is 4.18. The minimum Gasteiger partial charge on any atom is -0.359 e. The van der Waals surface area contributed by atoms with E-state index in [1.165, 1.54) is 6.20 Å². The second-order valence-corrected chi connectivity index (χ2v) is 4.82. The Morgan fingerprint density at radius 1 is 1.14 bits per heavy atom. The number of hydrogen-bond acceptors (Lipinski definition) is 4. The van der Waals surface area contributed by atoms with E-state index in [9.17, 15) is 4.79 Å². The van der Waals surface area contributed by atoms with E-state index in [1.54, 1.807) is 18.3 Å². The Bertz CT molecular complexity index is 725. The molecule has 2 N–H and O–H groups in total. The molecule has 1 aromatic heterocycles. The number of amides is 1. The monoisotopic (exact) mass is 292 g/mol. The molecule has 110 valence electrons. The van der Waals surface area contributed by atoms with Gasteiger partial charge >= 0.3 is 0 Å². The average molecular weight is 292 g/mol. The third-order valence-corrected chi connectivity index (χ3v) is 2.97. The summed E-state index contributed by atoms with van der Waals surface area (Å²) >= 11 is 0. The molecular weight excluding hydrogens is 276 g/mol. The van der Waals surface area contributed by atoms with Crippen molar-refractivity contribution in [3.63, 3.8) is 0 Å². The van der Waals surface area contributed by atoms with Crippen molar-refractivity contribution in [2.45, 2.75) is 13.8 Å². The van der Waals surface area contributed by atoms with Gasteiger partial charge in [0.1, 0.15) is 11.6 Å². The van der Waals surface area contributed by atoms with Crippen molar-refractivity contribution >= 4 is 17.3 Å². The van der Waals surface area contributed by atoms with Crippen LogP contribution in [0.4, 0.5) is 11.4 Å². The topological polar surface area (TPSA) is 77.8 Å². The van der Waals surface area contributed by atoms with Crippen LogP contribution < -0.4 is 10.6 Å². The number of aryl methyl sites for hydroxylation is 2. The van der Waals surface area contributed by atoms with Gasteiger partial charge in [0.25, 0.3) is 5.91 Å². The maximum Gasteiger partial charge on any atom is 0.267 e. The molecular formula is C17H16N4O. The van der Waals surface area contributed by atoms with E-state index in [1.807, 2.05) is 44.2 Å². The minimum absolute atomic E-state index is 0.0128. The molecule has 5 nitrogen and oxygen atoms in total. The van der Waals surface area contributed by atoms with Gasteiger partial charge in [0, 0.05) is 17.6 Å². The molecule has 0 aliphatic rings. The highest BCUT2D eigenvalue weighted by molar-refractivity contribution is 6.06. The lowest BCUT2D eigenvalue weighted by atomic mass is 10.2. The van der Waals surface area contributed by atoms with E-state index in [0.717, 1.165) is 11.3 Å². The van der Waals surface area contributed by atoms with Gasteiger partial charge in [0.2, 0.25) is 0 Å². The fraction of sp³-hybridized carbons (Fsp3) is 0.118. The number of carbonyl (C=O) groups excluding carboxylic acids is 1. The van der Waals surface area contributed by atoms with Crippen molar-refractivity contribution in [2.75, 3.05) is 10.6 Å². The zero-order valence-electron chi connectivity index (χ0n) is 12.4. The van der Waals surface area contributed by atoms with E-state index >= 15 is 0 Å². The van der Waals surface area contributed by atoms with Crippen molar-refractivity contribution in [3.8, 4) is 6.07 Å². The first kappa shape index (κ1) is 15.3. The smallest absolute Gasteiger partial charge is 0.267 e. The average Bonchev–Trinajstić information content (AvgIpc) is 2.52. The Morgan fingerprint density at radius 2 is 1.82 bits per heavy atom. The van der Waals surface area contributed by atoms with Gasteiger partial charge < -0.3 is 10.6 Å². The summed E-state index contributed by atoms with van der Waals surface area (Å²) < 4.78 is 0. The second-order valence-electron chi connectivity index (χ2n) is 4.82. The molecule has 1 amide bonds. The zero-order chi connectivity index (χ0) is 15.9. The summed E-state index contributed by atoms with van der Waals surface area (Å²) in [4.78, 5) is 16.2. The predicted octanol–water partition coefficient (Wildman–Crippen LogP) is 3.16. The number of rotatable bonds is 4. The molecule has 0 radical (unpaired) electrons. The molecule has 2 aromatic rings. The highest BCUT2D eigenvalue weighted by Gasteiger charge is 2.09. The molecule has 0 bridgehead atoms. The quantitative estimate of drug-likeness (QED) is 0.670. The molecule has 1 aromatic carbocycles. The number of carbonyl (C=O) groups is 1. The Hall–Kier alpha value is -3.13. The fourth-order valence-electron chi connectivity index (χ4n) is 1.69. The van der Waals surface area contributed by atoms with Crippen LogP contribution in [0, 0.1) is 25.2 Å². The minimum atomic E-state index is -0.459. The van der Waals surface area contributed by atoms with Crippen molar-refractivity contribution in [2.24, 2.45) is 0 Å². The molecule has 0 aliphatic heterocycles. The number of aromatic nitrogens is 1. The zero-order valence-corrected chi connectivity index (χ0v) is 12.4. The maximum atomic E-state index is 12.0. The lowest BCUT2D eigenvalue weighted by Gasteiger charge is -2.05. The summed E-state index contributed by atoms with van der Waals surface area (Å²) in [6, 6.07) is 12.9. The number of hydrogen-bond donors (Lipinski definition) is 2. The van der Waals surface area contributed by atoms with Crippen molar-refractivity contribution in [1.29, 1.82) is 5.26 Å². The Balaban J connectivity index is 2.05. The predicted molar refractivity (Wildman–Crippen MR) is 86.1 cm³/mol. The van der Waals surface area contributed by atoms with E-state index < -0.39 is 5.91 Å². The molecule has 1 heterocycles. The van der Waals surface area contributed by atoms with Crippen LogP contribution in [0.2, 0.25) is 0 Å². The Kier molecular flexibility index (Phi) is 4.89. The van der Waals surface area contributed by atoms with Crippen LogP contribution in [-0.2, 0) is 4.79 Å². The van der Waals surface area contributed by atoms with E-state index in [-0.39, 0.29) is 5.57 Å². The highest BCUT2D eigenvalue weighted by atomic mass is 16.1. The summed E-state index contributed by atoms with van der Waals surface area (Å²) in [5.41, 5.74) is 3.34. The maximum absolute atomic E-state index is 12.0. The van der Waals surface area contributed by atoms with E-state index in [0.29, 0.717) is 11.4 Å². The van der Waals surface area contributed by atoms with Gasteiger partial charge in [-0.05, 0) is 38.1 Å². The molecule has 0 saturated heterocycles. The fourth-order valence-corrected chi connectivity index (χ4v) is 1.69. The molecule has 2 rings (SSSR count). The molecule has 0 fully saturated rings. The summed E-state index contributed by atoms with van der Waals surface area (Å²) in [7, 11) is 0. The lowest BCUT2D eigenvalue weighted by Crippen LogP contribution is -2.14. The molecule has 0 aliphatic carbocycles.